The van der Waals surface area contributed by atoms with Gasteiger partial charge >= 0.3 is 0 Å². The molecular weight excluding hydrogens is 432 g/mol. The SMILES string of the molecule is Cc1cccc(NC(=O)c2c(-c3ccccc3Cl)n(Cc3ccccc3)c(C)cc2=O)c1C. The van der Waals surface area contributed by atoms with E-state index in [9.17, 15) is 9.59 Å². The number of aromatic nitrogens is 1. The van der Waals surface area contributed by atoms with Crippen molar-refractivity contribution in [2.24, 2.45) is 0 Å². The lowest BCUT2D eigenvalue weighted by Gasteiger charge is -2.21. The van der Waals surface area contributed by atoms with Crippen molar-refractivity contribution in [3.63, 3.8) is 0 Å². The molecule has 5 heteroatoms. The number of amides is 1. The second-order valence-corrected chi connectivity index (χ2v) is 8.53. The van der Waals surface area contributed by atoms with Gasteiger partial charge in [0.2, 0.25) is 0 Å². The van der Waals surface area contributed by atoms with Gasteiger partial charge in [-0.2, -0.15) is 0 Å². The molecule has 0 atom stereocenters. The van der Waals surface area contributed by atoms with Crippen LogP contribution < -0.4 is 10.7 Å². The van der Waals surface area contributed by atoms with Crippen LogP contribution in [0.1, 0.15) is 32.7 Å². The molecule has 4 aromatic rings. The first-order chi connectivity index (χ1) is 15.9. The number of nitrogens with zero attached hydrogens (tertiary/aromatic N) is 1. The van der Waals surface area contributed by atoms with E-state index in [4.69, 9.17) is 11.6 Å². The molecule has 1 amide bonds. The van der Waals surface area contributed by atoms with Gasteiger partial charge in [0.05, 0.1) is 5.69 Å². The molecular formula is C28H25ClN2O2. The Morgan fingerprint density at radius 3 is 2.33 bits per heavy atom. The molecule has 0 fully saturated rings. The Kier molecular flexibility index (Phi) is 6.47. The molecule has 0 saturated carbocycles. The van der Waals surface area contributed by atoms with Crippen LogP contribution in [0.2, 0.25) is 5.02 Å². The Labute approximate surface area is 198 Å². The minimum absolute atomic E-state index is 0.0746. The van der Waals surface area contributed by atoms with Gasteiger partial charge in [-0.05, 0) is 49.6 Å². The van der Waals surface area contributed by atoms with Crippen LogP contribution in [0.4, 0.5) is 5.69 Å². The molecule has 0 bridgehead atoms. The van der Waals surface area contributed by atoms with Gasteiger partial charge in [-0.3, -0.25) is 9.59 Å². The van der Waals surface area contributed by atoms with Crippen molar-refractivity contribution < 1.29 is 4.79 Å². The third-order valence-corrected chi connectivity index (χ3v) is 6.24. The normalized spacial score (nSPS) is 10.8. The first-order valence-corrected chi connectivity index (χ1v) is 11.2. The fourth-order valence-corrected chi connectivity index (χ4v) is 4.19. The maximum atomic E-state index is 13.6. The van der Waals surface area contributed by atoms with Gasteiger partial charge in [-0.25, -0.2) is 0 Å². The van der Waals surface area contributed by atoms with Crippen molar-refractivity contribution in [1.82, 2.24) is 4.57 Å². The summed E-state index contributed by atoms with van der Waals surface area (Å²) in [6.45, 7) is 6.30. The Morgan fingerprint density at radius 2 is 1.61 bits per heavy atom. The molecule has 0 spiro atoms. The molecule has 0 aliphatic heterocycles. The number of benzene rings is 3. The standard InChI is InChI=1S/C28H25ClN2O2/c1-18-10-9-15-24(20(18)3)30-28(33)26-25(32)16-19(2)31(17-21-11-5-4-6-12-21)27(26)22-13-7-8-14-23(22)29/h4-16H,17H2,1-3H3,(H,30,33). The average molecular weight is 457 g/mol. The van der Waals surface area contributed by atoms with Gasteiger partial charge in [0.1, 0.15) is 5.56 Å². The van der Waals surface area contributed by atoms with Crippen molar-refractivity contribution in [3.8, 4) is 11.3 Å². The predicted molar refractivity (Wildman–Crippen MR) is 135 cm³/mol. The number of aryl methyl sites for hydroxylation is 2. The Bertz CT molecular complexity index is 1390. The second-order valence-electron chi connectivity index (χ2n) is 8.13. The number of pyridine rings is 1. The molecule has 3 aromatic carbocycles. The number of nitrogens with one attached hydrogen (secondary N) is 1. The average Bonchev–Trinajstić information content (AvgIpc) is 2.79. The lowest BCUT2D eigenvalue weighted by atomic mass is 10.0. The zero-order valence-electron chi connectivity index (χ0n) is 18.9. The van der Waals surface area contributed by atoms with E-state index in [1.54, 1.807) is 6.07 Å². The first kappa shape index (κ1) is 22.6. The lowest BCUT2D eigenvalue weighted by Crippen LogP contribution is -2.27. The summed E-state index contributed by atoms with van der Waals surface area (Å²) in [5, 5.41) is 3.43. The van der Waals surface area contributed by atoms with E-state index in [2.05, 4.69) is 5.32 Å². The maximum Gasteiger partial charge on any atom is 0.261 e. The Morgan fingerprint density at radius 1 is 0.909 bits per heavy atom. The van der Waals surface area contributed by atoms with E-state index in [1.165, 1.54) is 6.07 Å². The summed E-state index contributed by atoms with van der Waals surface area (Å²) in [4.78, 5) is 26.8. The number of carbonyl (C=O) groups is 1. The number of hydrogen-bond donors (Lipinski definition) is 1. The third kappa shape index (κ3) is 4.62. The van der Waals surface area contributed by atoms with E-state index in [1.807, 2.05) is 92.1 Å². The largest absolute Gasteiger partial charge is 0.340 e. The smallest absolute Gasteiger partial charge is 0.261 e. The van der Waals surface area contributed by atoms with Crippen molar-refractivity contribution >= 4 is 23.2 Å². The van der Waals surface area contributed by atoms with Crippen LogP contribution in [-0.2, 0) is 6.54 Å². The van der Waals surface area contributed by atoms with Gasteiger partial charge in [-0.1, -0.05) is 72.3 Å². The molecule has 0 radical (unpaired) electrons. The summed E-state index contributed by atoms with van der Waals surface area (Å²) in [7, 11) is 0. The molecule has 1 heterocycles. The van der Waals surface area contributed by atoms with Crippen LogP contribution in [0.3, 0.4) is 0 Å². The summed E-state index contributed by atoms with van der Waals surface area (Å²) in [5.41, 5.74) is 5.39. The molecule has 0 saturated heterocycles. The lowest BCUT2D eigenvalue weighted by molar-refractivity contribution is 0.102. The van der Waals surface area contributed by atoms with Gasteiger partial charge in [0.25, 0.3) is 5.91 Å². The van der Waals surface area contributed by atoms with Crippen LogP contribution in [-0.4, -0.2) is 10.5 Å². The van der Waals surface area contributed by atoms with Gasteiger partial charge < -0.3 is 9.88 Å². The summed E-state index contributed by atoms with van der Waals surface area (Å²) in [6, 6.07) is 24.4. The van der Waals surface area contributed by atoms with Gasteiger partial charge in [-0.15, -0.1) is 0 Å². The summed E-state index contributed by atoms with van der Waals surface area (Å²) in [6.07, 6.45) is 0. The molecule has 0 aliphatic rings. The minimum atomic E-state index is -0.453. The zero-order chi connectivity index (χ0) is 23.5. The van der Waals surface area contributed by atoms with E-state index >= 15 is 0 Å². The number of halogens is 1. The van der Waals surface area contributed by atoms with E-state index in [0.717, 1.165) is 22.4 Å². The molecule has 33 heavy (non-hydrogen) atoms. The van der Waals surface area contributed by atoms with Crippen LogP contribution in [0.25, 0.3) is 11.3 Å². The molecule has 4 rings (SSSR count). The van der Waals surface area contributed by atoms with E-state index in [-0.39, 0.29) is 11.0 Å². The van der Waals surface area contributed by atoms with Crippen LogP contribution in [0.15, 0.2) is 83.7 Å². The van der Waals surface area contributed by atoms with Crippen molar-refractivity contribution in [2.75, 3.05) is 5.32 Å². The van der Waals surface area contributed by atoms with Crippen LogP contribution in [0, 0.1) is 20.8 Å². The molecule has 166 valence electrons. The quantitative estimate of drug-likeness (QED) is 0.378. The predicted octanol–water partition coefficient (Wildman–Crippen LogP) is 6.39. The topological polar surface area (TPSA) is 51.1 Å². The molecule has 1 N–H and O–H groups in total. The monoisotopic (exact) mass is 456 g/mol. The molecule has 4 nitrogen and oxygen atoms in total. The molecule has 0 aliphatic carbocycles. The first-order valence-electron chi connectivity index (χ1n) is 10.8. The summed E-state index contributed by atoms with van der Waals surface area (Å²) in [5.74, 6) is -0.453. The minimum Gasteiger partial charge on any atom is -0.340 e. The highest BCUT2D eigenvalue weighted by molar-refractivity contribution is 6.33. The highest BCUT2D eigenvalue weighted by atomic mass is 35.5. The van der Waals surface area contributed by atoms with Crippen LogP contribution >= 0.6 is 11.6 Å². The molecule has 0 unspecified atom stereocenters. The Hall–Kier alpha value is -3.63. The summed E-state index contributed by atoms with van der Waals surface area (Å²) >= 11 is 6.57. The van der Waals surface area contributed by atoms with Crippen molar-refractivity contribution in [3.05, 3.63) is 122 Å². The number of hydrogen-bond acceptors (Lipinski definition) is 2. The number of carbonyl (C=O) groups excluding carboxylic acids is 1. The van der Waals surface area contributed by atoms with Gasteiger partial charge in [0, 0.05) is 34.6 Å². The van der Waals surface area contributed by atoms with E-state index < -0.39 is 5.91 Å². The highest BCUT2D eigenvalue weighted by Gasteiger charge is 2.24. The highest BCUT2D eigenvalue weighted by Crippen LogP contribution is 2.31. The van der Waals surface area contributed by atoms with Crippen molar-refractivity contribution in [2.45, 2.75) is 27.3 Å². The molecule has 1 aromatic heterocycles. The van der Waals surface area contributed by atoms with Crippen LogP contribution in [0.5, 0.6) is 0 Å². The van der Waals surface area contributed by atoms with E-state index in [0.29, 0.717) is 28.5 Å². The van der Waals surface area contributed by atoms with Crippen molar-refractivity contribution in [1.29, 1.82) is 0 Å². The number of anilines is 1. The second kappa shape index (κ2) is 9.47. The van der Waals surface area contributed by atoms with Gasteiger partial charge in [0.15, 0.2) is 5.43 Å². The zero-order valence-corrected chi connectivity index (χ0v) is 19.6. The fourth-order valence-electron chi connectivity index (χ4n) is 3.96. The number of rotatable bonds is 5. The summed E-state index contributed by atoms with van der Waals surface area (Å²) < 4.78 is 1.98. The fraction of sp³-hybridized carbons (Fsp3) is 0.143. The Balaban J connectivity index is 1.93. The maximum absolute atomic E-state index is 13.6. The third-order valence-electron chi connectivity index (χ3n) is 5.91.